The molecule has 0 bridgehead atoms. The molecule has 0 radical (unpaired) electrons. The molecule has 2 saturated carbocycles. The van der Waals surface area contributed by atoms with Gasteiger partial charge < -0.3 is 30.7 Å². The summed E-state index contributed by atoms with van der Waals surface area (Å²) in [5.74, 6) is -2.87. The Morgan fingerprint density at radius 2 is 1.63 bits per heavy atom. The molecule has 2 aliphatic rings. The van der Waals surface area contributed by atoms with Gasteiger partial charge in [0.2, 0.25) is 17.6 Å². The molecule has 4 rings (SSSR count). The molecule has 2 aliphatic carbocycles. The fourth-order valence-electron chi connectivity index (χ4n) is 6.24. The predicted molar refractivity (Wildman–Crippen MR) is 186 cm³/mol. The summed E-state index contributed by atoms with van der Waals surface area (Å²) in [6.07, 6.45) is 3.91. The number of ether oxygens (including phenoxy) is 2. The molecule has 1 heterocycles. The third-order valence-corrected chi connectivity index (χ3v) is 8.77. The maximum Gasteiger partial charge on any atom is 0.315 e. The number of fused-ring (bicyclic) bond motifs is 1. The smallest absolute Gasteiger partial charge is 0.315 e. The van der Waals surface area contributed by atoms with Crippen LogP contribution >= 0.6 is 0 Å². The number of benzene rings is 1. The van der Waals surface area contributed by atoms with E-state index in [0.29, 0.717) is 24.7 Å². The van der Waals surface area contributed by atoms with E-state index in [4.69, 9.17) is 9.47 Å². The van der Waals surface area contributed by atoms with Crippen LogP contribution in [0.1, 0.15) is 93.9 Å². The van der Waals surface area contributed by atoms with Crippen LogP contribution < -0.4 is 30.7 Å². The zero-order chi connectivity index (χ0) is 36.1. The summed E-state index contributed by atoms with van der Waals surface area (Å²) in [6.45, 7) is 15.4. The van der Waals surface area contributed by atoms with Crippen molar-refractivity contribution in [2.75, 3.05) is 6.61 Å². The van der Waals surface area contributed by atoms with Crippen molar-refractivity contribution in [3.8, 4) is 11.6 Å². The Kier molecular flexibility index (Phi) is 11.9. The van der Waals surface area contributed by atoms with Crippen molar-refractivity contribution in [3.63, 3.8) is 0 Å². The first-order valence-corrected chi connectivity index (χ1v) is 17.5. The van der Waals surface area contributed by atoms with E-state index in [1.807, 2.05) is 79.7 Å². The van der Waals surface area contributed by atoms with Crippen LogP contribution in [0.3, 0.4) is 0 Å². The zero-order valence-electron chi connectivity index (χ0n) is 30.1. The van der Waals surface area contributed by atoms with E-state index in [1.54, 1.807) is 6.20 Å². The summed E-state index contributed by atoms with van der Waals surface area (Å²) in [5, 5.41) is 12.9. The number of nitrogens with zero attached hydrogens (tertiary/aromatic N) is 1. The lowest BCUT2D eigenvalue weighted by atomic mass is 9.77. The Morgan fingerprint density at radius 3 is 2.24 bits per heavy atom. The van der Waals surface area contributed by atoms with Crippen molar-refractivity contribution in [3.05, 3.63) is 30.5 Å². The molecular weight excluding hydrogens is 626 g/mol. The average molecular weight is 680 g/mol. The van der Waals surface area contributed by atoms with Gasteiger partial charge in [-0.1, -0.05) is 34.1 Å². The Bertz CT molecular complexity index is 1540. The van der Waals surface area contributed by atoms with Crippen LogP contribution in [0.2, 0.25) is 0 Å². The van der Waals surface area contributed by atoms with Crippen LogP contribution in [0.25, 0.3) is 10.8 Å². The molecule has 1 aromatic heterocycles. The lowest BCUT2D eigenvalue weighted by molar-refractivity contribution is -0.141. The first-order valence-electron chi connectivity index (χ1n) is 17.5. The van der Waals surface area contributed by atoms with Gasteiger partial charge in [-0.3, -0.25) is 19.2 Å². The van der Waals surface area contributed by atoms with Crippen molar-refractivity contribution in [1.82, 2.24) is 26.3 Å². The molecule has 4 N–H and O–H groups in total. The number of hydrogen-bond donors (Lipinski definition) is 4. The van der Waals surface area contributed by atoms with Gasteiger partial charge in [-0.15, -0.1) is 0 Å². The lowest BCUT2D eigenvalue weighted by Crippen LogP contribution is -2.57. The SMILES string of the molecule is CCC[C@H](NC(=O)C1C[C@@H](Oc2nccc3cc(OCC)ccc23)CC1C(=O)[C@@H](NC(=O)NC(C)(C)C)C(C)(C)C)C(=O)C(=O)NC1CC1. The Hall–Kier alpha value is -4.22. The van der Waals surface area contributed by atoms with E-state index in [0.717, 1.165) is 23.6 Å². The maximum absolute atomic E-state index is 14.5. The van der Waals surface area contributed by atoms with Crippen LogP contribution in [0, 0.1) is 17.3 Å². The fraction of sp³-hybridized carbons (Fsp3) is 0.622. The van der Waals surface area contributed by atoms with Gasteiger partial charge >= 0.3 is 6.03 Å². The second-order valence-corrected chi connectivity index (χ2v) is 15.4. The number of aromatic nitrogens is 1. The number of carbonyl (C=O) groups excluding carboxylic acids is 5. The molecule has 0 aliphatic heterocycles. The highest BCUT2D eigenvalue weighted by molar-refractivity contribution is 6.38. The van der Waals surface area contributed by atoms with E-state index in [-0.39, 0.29) is 31.1 Å². The molecule has 2 aromatic rings. The van der Waals surface area contributed by atoms with E-state index in [2.05, 4.69) is 26.3 Å². The van der Waals surface area contributed by atoms with Crippen LogP contribution in [-0.2, 0) is 19.2 Å². The standard InChI is InChI=1S/C37H53N5O7/c1-9-11-28(30(44)33(46)39-22-12-13-22)40-32(45)27-20-24(49-34-25-15-14-23(48-10-2)18-21(25)16-17-38-34)19-26(27)29(43)31(36(3,4)5)41-35(47)42-37(6,7)8/h14-18,22,24,26-28,31H,9-13,19-20H2,1-8H3,(H,39,46)(H,40,45)(H2,41,42,47)/t24-,26?,27?,28-,31+/m0/s1. The van der Waals surface area contributed by atoms with E-state index in [9.17, 15) is 24.0 Å². The van der Waals surface area contributed by atoms with Crippen LogP contribution in [0.15, 0.2) is 30.5 Å². The minimum Gasteiger partial charge on any atom is -0.494 e. The second-order valence-electron chi connectivity index (χ2n) is 15.4. The van der Waals surface area contributed by atoms with E-state index < -0.39 is 64.6 Å². The minimum atomic E-state index is -1.03. The van der Waals surface area contributed by atoms with Crippen molar-refractivity contribution >= 4 is 40.2 Å². The van der Waals surface area contributed by atoms with Gasteiger partial charge in [0.05, 0.1) is 24.6 Å². The first-order chi connectivity index (χ1) is 23.0. The molecule has 0 saturated heterocycles. The number of nitrogens with one attached hydrogen (secondary N) is 4. The van der Waals surface area contributed by atoms with Crippen LogP contribution in [0.4, 0.5) is 4.79 Å². The van der Waals surface area contributed by atoms with Gasteiger partial charge in [0.25, 0.3) is 5.91 Å². The number of urea groups is 1. The number of hydrogen-bond acceptors (Lipinski definition) is 8. The molecule has 2 unspecified atom stereocenters. The second kappa shape index (κ2) is 15.6. The van der Waals surface area contributed by atoms with E-state index >= 15 is 0 Å². The van der Waals surface area contributed by atoms with Gasteiger partial charge in [-0.2, -0.15) is 0 Å². The summed E-state index contributed by atoms with van der Waals surface area (Å²) in [5.41, 5.74) is -1.23. The van der Waals surface area contributed by atoms with Crippen molar-refractivity contribution in [2.45, 2.75) is 124 Å². The first kappa shape index (κ1) is 37.6. The summed E-state index contributed by atoms with van der Waals surface area (Å²) in [7, 11) is 0. The van der Waals surface area contributed by atoms with Crippen LogP contribution in [0.5, 0.6) is 11.6 Å². The molecule has 1 aromatic carbocycles. The van der Waals surface area contributed by atoms with Crippen molar-refractivity contribution < 1.29 is 33.4 Å². The Balaban J connectivity index is 1.63. The molecule has 0 spiro atoms. The average Bonchev–Trinajstić information content (AvgIpc) is 3.73. The number of rotatable bonds is 14. The minimum absolute atomic E-state index is 0.00470. The predicted octanol–water partition coefficient (Wildman–Crippen LogP) is 4.62. The Labute approximate surface area is 289 Å². The molecule has 2 fully saturated rings. The monoisotopic (exact) mass is 679 g/mol. The van der Waals surface area contributed by atoms with Crippen molar-refractivity contribution in [1.29, 1.82) is 0 Å². The van der Waals surface area contributed by atoms with Gasteiger partial charge in [0.15, 0.2) is 5.78 Å². The van der Waals surface area contributed by atoms with Gasteiger partial charge in [0.1, 0.15) is 11.9 Å². The number of Topliss-reactive ketones (excluding diaryl/α,β-unsaturated/α-hetero) is 2. The highest BCUT2D eigenvalue weighted by Gasteiger charge is 2.49. The van der Waals surface area contributed by atoms with Crippen molar-refractivity contribution in [2.24, 2.45) is 17.3 Å². The number of ketones is 2. The quantitative estimate of drug-likeness (QED) is 0.210. The molecule has 12 heteroatoms. The molecule has 49 heavy (non-hydrogen) atoms. The number of amides is 4. The summed E-state index contributed by atoms with van der Waals surface area (Å²) in [6, 6.07) is 5.00. The third kappa shape index (κ3) is 10.1. The Morgan fingerprint density at radius 1 is 0.939 bits per heavy atom. The number of carbonyl (C=O) groups is 5. The fourth-order valence-corrected chi connectivity index (χ4v) is 6.24. The maximum atomic E-state index is 14.5. The largest absolute Gasteiger partial charge is 0.494 e. The zero-order valence-corrected chi connectivity index (χ0v) is 30.1. The molecule has 268 valence electrons. The summed E-state index contributed by atoms with van der Waals surface area (Å²) < 4.78 is 12.1. The molecule has 4 amide bonds. The van der Waals surface area contributed by atoms with Gasteiger partial charge in [-0.25, -0.2) is 9.78 Å². The molecule has 5 atom stereocenters. The third-order valence-electron chi connectivity index (χ3n) is 8.77. The normalized spacial score (nSPS) is 20.5. The van der Waals surface area contributed by atoms with Gasteiger partial charge in [0, 0.05) is 29.1 Å². The lowest BCUT2D eigenvalue weighted by Gasteiger charge is -2.34. The highest BCUT2D eigenvalue weighted by Crippen LogP contribution is 2.39. The van der Waals surface area contributed by atoms with E-state index in [1.165, 1.54) is 0 Å². The summed E-state index contributed by atoms with van der Waals surface area (Å²) >= 11 is 0. The summed E-state index contributed by atoms with van der Waals surface area (Å²) in [4.78, 5) is 71.8. The molecule has 12 nitrogen and oxygen atoms in total. The van der Waals surface area contributed by atoms with Gasteiger partial charge in [-0.05, 0) is 94.9 Å². The molecular formula is C37H53N5O7. The highest BCUT2D eigenvalue weighted by atomic mass is 16.5. The number of pyridine rings is 1. The topological polar surface area (TPSA) is 165 Å². The van der Waals surface area contributed by atoms with Crippen LogP contribution in [-0.4, -0.2) is 70.8 Å².